The van der Waals surface area contributed by atoms with Gasteiger partial charge in [-0.2, -0.15) is 0 Å². The van der Waals surface area contributed by atoms with E-state index in [1.807, 2.05) is 12.4 Å². The average Bonchev–Trinajstić information content (AvgIpc) is 2.39. The van der Waals surface area contributed by atoms with Crippen molar-refractivity contribution < 1.29 is 9.36 Å². The standard InChI is InChI=1S/C15H22N2O/c1-13-7-10-17(11-8-13)12-9-15(18)16-14-5-3-2-4-6-14/h7-8,10-11,14H,2-6,9,12H2,1H3/p+1. The molecule has 1 aromatic heterocycles. The lowest BCUT2D eigenvalue weighted by Crippen LogP contribution is -2.40. The quantitative estimate of drug-likeness (QED) is 0.812. The fourth-order valence-electron chi connectivity index (χ4n) is 2.46. The zero-order valence-corrected chi connectivity index (χ0v) is 11.2. The van der Waals surface area contributed by atoms with Crippen LogP contribution in [0.15, 0.2) is 24.5 Å². The van der Waals surface area contributed by atoms with Gasteiger partial charge in [0.25, 0.3) is 0 Å². The number of pyridine rings is 1. The molecular formula is C15H23N2O+. The number of rotatable bonds is 4. The van der Waals surface area contributed by atoms with E-state index in [2.05, 4.69) is 28.9 Å². The lowest BCUT2D eigenvalue weighted by Gasteiger charge is -2.22. The molecule has 18 heavy (non-hydrogen) atoms. The highest BCUT2D eigenvalue weighted by molar-refractivity contribution is 5.75. The van der Waals surface area contributed by atoms with Crippen LogP contribution in [-0.2, 0) is 11.3 Å². The Labute approximate surface area is 109 Å². The second-order valence-electron chi connectivity index (χ2n) is 5.27. The monoisotopic (exact) mass is 247 g/mol. The first-order valence-electron chi connectivity index (χ1n) is 6.99. The molecule has 3 nitrogen and oxygen atoms in total. The number of hydrogen-bond donors (Lipinski definition) is 1. The van der Waals surface area contributed by atoms with Crippen LogP contribution in [0, 0.1) is 6.92 Å². The molecule has 0 atom stereocenters. The SMILES string of the molecule is Cc1cc[n+](CCC(=O)NC2CCCCC2)cc1. The third kappa shape index (κ3) is 4.13. The molecule has 0 radical (unpaired) electrons. The topological polar surface area (TPSA) is 33.0 Å². The number of hydrogen-bond acceptors (Lipinski definition) is 1. The molecule has 1 heterocycles. The molecule has 0 aliphatic heterocycles. The molecule has 1 aliphatic carbocycles. The van der Waals surface area contributed by atoms with Gasteiger partial charge in [0.05, 0.1) is 6.42 Å². The molecule has 0 unspecified atom stereocenters. The molecule has 3 heteroatoms. The van der Waals surface area contributed by atoms with E-state index in [1.54, 1.807) is 0 Å². The van der Waals surface area contributed by atoms with Crippen molar-refractivity contribution in [2.24, 2.45) is 0 Å². The highest BCUT2D eigenvalue weighted by Crippen LogP contribution is 2.17. The van der Waals surface area contributed by atoms with Gasteiger partial charge in [0.1, 0.15) is 0 Å². The minimum absolute atomic E-state index is 0.190. The van der Waals surface area contributed by atoms with E-state index in [1.165, 1.54) is 24.8 Å². The third-order valence-corrected chi connectivity index (χ3v) is 3.63. The Morgan fingerprint density at radius 1 is 1.28 bits per heavy atom. The summed E-state index contributed by atoms with van der Waals surface area (Å²) < 4.78 is 2.06. The summed E-state index contributed by atoms with van der Waals surface area (Å²) in [6.45, 7) is 2.83. The molecule has 98 valence electrons. The second kappa shape index (κ2) is 6.53. The van der Waals surface area contributed by atoms with Crippen molar-refractivity contribution in [2.45, 2.75) is 58.0 Å². The van der Waals surface area contributed by atoms with Gasteiger partial charge in [0, 0.05) is 18.2 Å². The summed E-state index contributed by atoms with van der Waals surface area (Å²) >= 11 is 0. The Balaban J connectivity index is 1.72. The predicted molar refractivity (Wildman–Crippen MR) is 71.0 cm³/mol. The number of amides is 1. The van der Waals surface area contributed by atoms with Crippen LogP contribution in [-0.4, -0.2) is 11.9 Å². The summed E-state index contributed by atoms with van der Waals surface area (Å²) in [5.41, 5.74) is 1.25. The van der Waals surface area contributed by atoms with Crippen LogP contribution in [0.25, 0.3) is 0 Å². The van der Waals surface area contributed by atoms with Crippen LogP contribution in [0.3, 0.4) is 0 Å². The van der Waals surface area contributed by atoms with Crippen molar-refractivity contribution in [1.82, 2.24) is 5.32 Å². The summed E-state index contributed by atoms with van der Waals surface area (Å²) in [5.74, 6) is 0.190. The number of nitrogens with zero attached hydrogens (tertiary/aromatic N) is 1. The van der Waals surface area contributed by atoms with Crippen LogP contribution >= 0.6 is 0 Å². The van der Waals surface area contributed by atoms with Gasteiger partial charge in [-0.1, -0.05) is 19.3 Å². The summed E-state index contributed by atoms with van der Waals surface area (Å²) in [6.07, 6.45) is 10.8. The molecule has 1 saturated carbocycles. The second-order valence-corrected chi connectivity index (χ2v) is 5.27. The molecular weight excluding hydrogens is 224 g/mol. The van der Waals surface area contributed by atoms with E-state index in [-0.39, 0.29) is 5.91 Å². The van der Waals surface area contributed by atoms with Crippen LogP contribution in [0.5, 0.6) is 0 Å². The van der Waals surface area contributed by atoms with Crippen LogP contribution < -0.4 is 9.88 Å². The zero-order valence-electron chi connectivity index (χ0n) is 11.2. The largest absolute Gasteiger partial charge is 0.353 e. The fraction of sp³-hybridized carbons (Fsp3) is 0.600. The fourth-order valence-corrected chi connectivity index (χ4v) is 2.46. The van der Waals surface area contributed by atoms with Gasteiger partial charge in [-0.3, -0.25) is 4.79 Å². The van der Waals surface area contributed by atoms with Crippen molar-refractivity contribution in [3.8, 4) is 0 Å². The minimum atomic E-state index is 0.190. The number of nitrogens with one attached hydrogen (secondary N) is 1. The molecule has 1 aromatic rings. The predicted octanol–water partition coefficient (Wildman–Crippen LogP) is 2.12. The van der Waals surface area contributed by atoms with Gasteiger partial charge < -0.3 is 5.32 Å². The summed E-state index contributed by atoms with van der Waals surface area (Å²) in [4.78, 5) is 11.8. The Hall–Kier alpha value is -1.38. The Kier molecular flexibility index (Phi) is 4.73. The van der Waals surface area contributed by atoms with E-state index in [9.17, 15) is 4.79 Å². The van der Waals surface area contributed by atoms with E-state index in [4.69, 9.17) is 0 Å². The van der Waals surface area contributed by atoms with Crippen LogP contribution in [0.1, 0.15) is 44.1 Å². The molecule has 0 spiro atoms. The molecule has 0 saturated heterocycles. The number of aromatic nitrogens is 1. The van der Waals surface area contributed by atoms with E-state index in [0.29, 0.717) is 12.5 Å². The van der Waals surface area contributed by atoms with E-state index >= 15 is 0 Å². The Morgan fingerprint density at radius 3 is 2.61 bits per heavy atom. The first-order valence-corrected chi connectivity index (χ1v) is 6.99. The molecule has 0 bridgehead atoms. The van der Waals surface area contributed by atoms with Crippen molar-refractivity contribution in [1.29, 1.82) is 0 Å². The smallest absolute Gasteiger partial charge is 0.226 e. The van der Waals surface area contributed by atoms with Crippen molar-refractivity contribution >= 4 is 5.91 Å². The van der Waals surface area contributed by atoms with Crippen molar-refractivity contribution in [3.63, 3.8) is 0 Å². The van der Waals surface area contributed by atoms with Crippen molar-refractivity contribution in [3.05, 3.63) is 30.1 Å². The average molecular weight is 247 g/mol. The Morgan fingerprint density at radius 2 is 1.94 bits per heavy atom. The normalized spacial score (nSPS) is 16.5. The molecule has 0 aromatic carbocycles. The highest BCUT2D eigenvalue weighted by Gasteiger charge is 2.16. The molecule has 1 N–H and O–H groups in total. The highest BCUT2D eigenvalue weighted by atomic mass is 16.1. The molecule has 1 aliphatic rings. The number of carbonyl (C=O) groups excluding carboxylic acids is 1. The van der Waals surface area contributed by atoms with E-state index in [0.717, 1.165) is 19.4 Å². The molecule has 1 fully saturated rings. The van der Waals surface area contributed by atoms with E-state index < -0.39 is 0 Å². The first kappa shape index (κ1) is 13.1. The minimum Gasteiger partial charge on any atom is -0.353 e. The van der Waals surface area contributed by atoms with Gasteiger partial charge in [-0.25, -0.2) is 4.57 Å². The summed E-state index contributed by atoms with van der Waals surface area (Å²) in [7, 11) is 0. The van der Waals surface area contributed by atoms with Gasteiger partial charge in [0.2, 0.25) is 5.91 Å². The van der Waals surface area contributed by atoms with Gasteiger partial charge in [-0.05, 0) is 25.3 Å². The maximum atomic E-state index is 11.8. The lowest BCUT2D eigenvalue weighted by atomic mass is 9.95. The zero-order chi connectivity index (χ0) is 12.8. The number of carbonyl (C=O) groups is 1. The summed E-state index contributed by atoms with van der Waals surface area (Å²) in [6, 6.07) is 4.56. The van der Waals surface area contributed by atoms with Crippen molar-refractivity contribution in [2.75, 3.05) is 0 Å². The number of aryl methyl sites for hydroxylation is 2. The third-order valence-electron chi connectivity index (χ3n) is 3.63. The Bertz CT molecular complexity index is 380. The summed E-state index contributed by atoms with van der Waals surface area (Å²) in [5, 5.41) is 3.15. The van der Waals surface area contributed by atoms with Gasteiger partial charge in [0.15, 0.2) is 18.9 Å². The van der Waals surface area contributed by atoms with Crippen LogP contribution in [0.4, 0.5) is 0 Å². The molecule has 2 rings (SSSR count). The lowest BCUT2D eigenvalue weighted by molar-refractivity contribution is -0.695. The van der Waals surface area contributed by atoms with Gasteiger partial charge >= 0.3 is 0 Å². The molecule has 1 amide bonds. The maximum absolute atomic E-state index is 11.8. The van der Waals surface area contributed by atoms with Gasteiger partial charge in [-0.15, -0.1) is 0 Å². The first-order chi connectivity index (χ1) is 8.74. The maximum Gasteiger partial charge on any atom is 0.226 e. The van der Waals surface area contributed by atoms with Crippen LogP contribution in [0.2, 0.25) is 0 Å².